The van der Waals surface area contributed by atoms with Crippen LogP contribution >= 0.6 is 23.1 Å². The molecule has 1 aliphatic rings. The normalized spacial score (nSPS) is 14.9. The molecule has 0 aliphatic heterocycles. The van der Waals surface area contributed by atoms with Gasteiger partial charge in [-0.25, -0.2) is 0 Å². The van der Waals surface area contributed by atoms with Gasteiger partial charge in [0.2, 0.25) is 5.91 Å². The van der Waals surface area contributed by atoms with Gasteiger partial charge in [-0.3, -0.25) is 9.36 Å². The highest BCUT2D eigenvalue weighted by molar-refractivity contribution is 7.99. The molecule has 5 nitrogen and oxygen atoms in total. The van der Waals surface area contributed by atoms with Crippen molar-refractivity contribution in [1.29, 1.82) is 0 Å². The molecular formula is C22H26N4OS2. The zero-order valence-electron chi connectivity index (χ0n) is 16.7. The lowest BCUT2D eigenvalue weighted by Crippen LogP contribution is -2.31. The second-order valence-electron chi connectivity index (χ2n) is 7.83. The number of amides is 1. The smallest absolute Gasteiger partial charge is 0.230 e. The maximum Gasteiger partial charge on any atom is 0.230 e. The van der Waals surface area contributed by atoms with E-state index in [0.29, 0.717) is 17.7 Å². The number of hydrogen-bond acceptors (Lipinski definition) is 5. The van der Waals surface area contributed by atoms with Crippen LogP contribution in [0.2, 0.25) is 0 Å². The van der Waals surface area contributed by atoms with Gasteiger partial charge in [-0.05, 0) is 42.2 Å². The summed E-state index contributed by atoms with van der Waals surface area (Å²) in [6.45, 7) is 4.36. The lowest BCUT2D eigenvalue weighted by molar-refractivity contribution is -0.119. The fraction of sp³-hybridized carbons (Fsp3) is 0.409. The first kappa shape index (κ1) is 20.2. The van der Waals surface area contributed by atoms with Gasteiger partial charge in [-0.15, -0.1) is 21.5 Å². The van der Waals surface area contributed by atoms with Crippen LogP contribution in [0.25, 0.3) is 10.7 Å². The van der Waals surface area contributed by atoms with Gasteiger partial charge >= 0.3 is 0 Å². The van der Waals surface area contributed by atoms with Crippen LogP contribution in [0.4, 0.5) is 0 Å². The highest BCUT2D eigenvalue weighted by Gasteiger charge is 2.30. The first-order valence-electron chi connectivity index (χ1n) is 10.1. The molecule has 1 aliphatic carbocycles. The van der Waals surface area contributed by atoms with Gasteiger partial charge in [-0.2, -0.15) is 0 Å². The van der Waals surface area contributed by atoms with Crippen molar-refractivity contribution in [2.75, 3.05) is 5.75 Å². The average Bonchev–Trinajstić information content (AvgIpc) is 3.23. The van der Waals surface area contributed by atoms with E-state index in [1.54, 1.807) is 11.3 Å². The summed E-state index contributed by atoms with van der Waals surface area (Å²) in [6.07, 6.45) is 3.22. The Morgan fingerprint density at radius 2 is 2.00 bits per heavy atom. The number of aromatic nitrogens is 3. The molecule has 2 heterocycles. The van der Waals surface area contributed by atoms with Crippen molar-refractivity contribution in [2.24, 2.45) is 5.92 Å². The predicted molar refractivity (Wildman–Crippen MR) is 119 cm³/mol. The molecule has 1 fully saturated rings. The molecule has 0 bridgehead atoms. The second kappa shape index (κ2) is 9.13. The van der Waals surface area contributed by atoms with Crippen LogP contribution in [0.1, 0.15) is 50.8 Å². The van der Waals surface area contributed by atoms with Crippen LogP contribution in [0.15, 0.2) is 53.0 Å². The molecule has 1 N–H and O–H groups in total. The van der Waals surface area contributed by atoms with Crippen molar-refractivity contribution < 1.29 is 4.79 Å². The summed E-state index contributed by atoms with van der Waals surface area (Å²) >= 11 is 3.15. The number of benzene rings is 1. The Bertz CT molecular complexity index is 933. The van der Waals surface area contributed by atoms with Gasteiger partial charge in [0.25, 0.3) is 0 Å². The molecule has 1 saturated carbocycles. The first-order chi connectivity index (χ1) is 14.1. The quantitative estimate of drug-likeness (QED) is 0.469. The van der Waals surface area contributed by atoms with E-state index >= 15 is 0 Å². The highest BCUT2D eigenvalue weighted by Crippen LogP contribution is 2.41. The zero-order valence-corrected chi connectivity index (χ0v) is 18.4. The van der Waals surface area contributed by atoms with Crippen molar-refractivity contribution in [1.82, 2.24) is 20.1 Å². The molecular weight excluding hydrogens is 400 g/mol. The molecule has 1 atom stereocenters. The van der Waals surface area contributed by atoms with E-state index in [2.05, 4.69) is 57.5 Å². The maximum absolute atomic E-state index is 12.7. The summed E-state index contributed by atoms with van der Waals surface area (Å²) in [5.74, 6) is 1.80. The van der Waals surface area contributed by atoms with E-state index in [1.807, 2.05) is 24.3 Å². The minimum absolute atomic E-state index is 0.0345. The Balaban J connectivity index is 1.43. The van der Waals surface area contributed by atoms with E-state index in [9.17, 15) is 4.79 Å². The summed E-state index contributed by atoms with van der Waals surface area (Å²) in [5.41, 5.74) is 1.15. The minimum Gasteiger partial charge on any atom is -0.349 e. The Hall–Kier alpha value is -2.12. The number of rotatable bonds is 9. The van der Waals surface area contributed by atoms with Crippen molar-refractivity contribution in [3.8, 4) is 10.7 Å². The first-order valence-corrected chi connectivity index (χ1v) is 11.9. The highest BCUT2D eigenvalue weighted by atomic mass is 32.2. The molecule has 2 aromatic heterocycles. The van der Waals surface area contributed by atoms with Crippen molar-refractivity contribution in [3.05, 3.63) is 53.4 Å². The molecule has 4 rings (SSSR count). The van der Waals surface area contributed by atoms with Crippen molar-refractivity contribution in [3.63, 3.8) is 0 Å². The number of thioether (sulfide) groups is 1. The van der Waals surface area contributed by atoms with E-state index in [-0.39, 0.29) is 11.9 Å². The third-order valence-corrected chi connectivity index (χ3v) is 6.70. The monoisotopic (exact) mass is 426 g/mol. The van der Waals surface area contributed by atoms with Gasteiger partial charge < -0.3 is 5.32 Å². The second-order valence-corrected chi connectivity index (χ2v) is 9.72. The predicted octanol–water partition coefficient (Wildman–Crippen LogP) is 5.34. The molecule has 152 valence electrons. The van der Waals surface area contributed by atoms with Crippen molar-refractivity contribution in [2.45, 2.75) is 50.4 Å². The number of nitrogens with one attached hydrogen (secondary N) is 1. The van der Waals surface area contributed by atoms with Crippen LogP contribution in [0, 0.1) is 5.92 Å². The third-order valence-electron chi connectivity index (χ3n) is 4.89. The molecule has 3 aromatic rings. The summed E-state index contributed by atoms with van der Waals surface area (Å²) in [5, 5.41) is 14.9. The topological polar surface area (TPSA) is 59.8 Å². The summed E-state index contributed by atoms with van der Waals surface area (Å²) in [6, 6.07) is 14.8. The summed E-state index contributed by atoms with van der Waals surface area (Å²) in [4.78, 5) is 13.9. The molecule has 0 radical (unpaired) electrons. The van der Waals surface area contributed by atoms with Gasteiger partial charge in [-0.1, -0.05) is 62.0 Å². The van der Waals surface area contributed by atoms with Gasteiger partial charge in [0, 0.05) is 6.04 Å². The SMILES string of the molecule is CC(C)CC(NC(=O)CSc1nnc(-c2cccs2)n1C1CC1)c1ccccc1. The van der Waals surface area contributed by atoms with E-state index in [0.717, 1.165) is 40.7 Å². The van der Waals surface area contributed by atoms with Crippen molar-refractivity contribution >= 4 is 29.0 Å². The zero-order chi connectivity index (χ0) is 20.2. The van der Waals surface area contributed by atoms with Crippen LogP contribution in [0.3, 0.4) is 0 Å². The minimum atomic E-state index is 0.0345. The molecule has 1 amide bonds. The molecule has 7 heteroatoms. The fourth-order valence-electron chi connectivity index (χ4n) is 3.41. The Morgan fingerprint density at radius 3 is 2.66 bits per heavy atom. The molecule has 29 heavy (non-hydrogen) atoms. The number of carbonyl (C=O) groups is 1. The lowest BCUT2D eigenvalue weighted by Gasteiger charge is -2.21. The number of thiophene rings is 1. The Kier molecular flexibility index (Phi) is 6.35. The standard InChI is InChI=1S/C22H26N4OS2/c1-15(2)13-18(16-7-4-3-5-8-16)23-20(27)14-29-22-25-24-21(19-9-6-12-28-19)26(22)17-10-11-17/h3-9,12,15,17-18H,10-11,13-14H2,1-2H3,(H,23,27). The third kappa shape index (κ3) is 5.08. The van der Waals surface area contributed by atoms with E-state index < -0.39 is 0 Å². The number of carbonyl (C=O) groups excluding carboxylic acids is 1. The fourth-order valence-corrected chi connectivity index (χ4v) is 4.93. The maximum atomic E-state index is 12.7. The molecule has 1 aromatic carbocycles. The largest absolute Gasteiger partial charge is 0.349 e. The average molecular weight is 427 g/mol. The van der Waals surface area contributed by atoms with Crippen LogP contribution in [-0.4, -0.2) is 26.4 Å². The van der Waals surface area contributed by atoms with Crippen LogP contribution in [-0.2, 0) is 4.79 Å². The lowest BCUT2D eigenvalue weighted by atomic mass is 9.97. The molecule has 1 unspecified atom stereocenters. The summed E-state index contributed by atoms with van der Waals surface area (Å²) in [7, 11) is 0. The Labute approximate surface area is 179 Å². The van der Waals surface area contributed by atoms with Gasteiger partial charge in [0.05, 0.1) is 16.7 Å². The molecule has 0 spiro atoms. The van der Waals surface area contributed by atoms with E-state index in [1.165, 1.54) is 11.8 Å². The van der Waals surface area contributed by atoms with Crippen LogP contribution < -0.4 is 5.32 Å². The van der Waals surface area contributed by atoms with E-state index in [4.69, 9.17) is 0 Å². The number of hydrogen-bond donors (Lipinski definition) is 1. The van der Waals surface area contributed by atoms with Gasteiger partial charge in [0.1, 0.15) is 0 Å². The Morgan fingerprint density at radius 1 is 1.21 bits per heavy atom. The number of nitrogens with zero attached hydrogens (tertiary/aromatic N) is 3. The molecule has 0 saturated heterocycles. The van der Waals surface area contributed by atoms with Gasteiger partial charge in [0.15, 0.2) is 11.0 Å². The van der Waals surface area contributed by atoms with Crippen LogP contribution in [0.5, 0.6) is 0 Å². The summed E-state index contributed by atoms with van der Waals surface area (Å²) < 4.78 is 2.21.